The van der Waals surface area contributed by atoms with Crippen molar-refractivity contribution < 1.29 is 4.73 Å². The van der Waals surface area contributed by atoms with Crippen LogP contribution >= 0.6 is 0 Å². The average Bonchev–Trinajstić information content (AvgIpc) is 3.64. The number of aromatic nitrogens is 8. The largest absolute Gasteiger partial charge is 0.618 e. The molecule has 0 amide bonds. The molecule has 40 heavy (non-hydrogen) atoms. The number of nitriles is 1. The van der Waals surface area contributed by atoms with Gasteiger partial charge in [-0.15, -0.1) is 10.2 Å². The van der Waals surface area contributed by atoms with Gasteiger partial charge in [-0.2, -0.15) is 15.2 Å². The topological polar surface area (TPSA) is 136 Å². The van der Waals surface area contributed by atoms with Crippen LogP contribution in [0.3, 0.4) is 0 Å². The first-order valence-corrected chi connectivity index (χ1v) is 13.1. The molecule has 2 aromatic carbocycles. The summed E-state index contributed by atoms with van der Waals surface area (Å²) in [6.07, 6.45) is 4.20. The molecule has 0 fully saturated rings. The zero-order chi connectivity index (χ0) is 27.5. The Morgan fingerprint density at radius 2 is 1.77 bits per heavy atom. The van der Waals surface area contributed by atoms with Gasteiger partial charge in [-0.3, -0.25) is 0 Å². The van der Waals surface area contributed by atoms with E-state index in [-0.39, 0.29) is 5.69 Å². The Morgan fingerprint density at radius 1 is 0.975 bits per heavy atom. The fourth-order valence-electron chi connectivity index (χ4n) is 4.88. The van der Waals surface area contributed by atoms with E-state index in [0.29, 0.717) is 34.8 Å². The summed E-state index contributed by atoms with van der Waals surface area (Å²) in [4.78, 5) is 9.61. The quantitative estimate of drug-likeness (QED) is 0.221. The van der Waals surface area contributed by atoms with Crippen molar-refractivity contribution in [2.45, 2.75) is 32.7 Å². The standard InChI is InChI=1S/C30H25N9O/c1-2-3-11-28-32-25-17-24(27-10-6-7-16-39(27)40)26(18-31)33-30(25)38(28)19-20-12-14-21(15-13-20)22-8-4-5-9-23(22)29-34-36-37-35-29/h4-10,12-17H,2-3,11,19H2,1H3,(H,34,35,36,37). The number of pyridine rings is 2. The summed E-state index contributed by atoms with van der Waals surface area (Å²) >= 11 is 0. The number of benzene rings is 2. The molecule has 4 aromatic heterocycles. The molecule has 0 aliphatic carbocycles. The summed E-state index contributed by atoms with van der Waals surface area (Å²) < 4.78 is 2.82. The number of hydrogen-bond donors (Lipinski definition) is 1. The molecule has 0 aliphatic rings. The first-order valence-electron chi connectivity index (χ1n) is 13.1. The van der Waals surface area contributed by atoms with Gasteiger partial charge in [-0.05, 0) is 40.5 Å². The molecule has 0 saturated heterocycles. The summed E-state index contributed by atoms with van der Waals surface area (Å²) in [5.74, 6) is 1.45. The van der Waals surface area contributed by atoms with Crippen molar-refractivity contribution in [1.29, 1.82) is 5.26 Å². The number of unbranched alkanes of at least 4 members (excludes halogenated alkanes) is 1. The van der Waals surface area contributed by atoms with Crippen LogP contribution in [0.25, 0.3) is 44.9 Å². The molecule has 1 N–H and O–H groups in total. The molecule has 0 atom stereocenters. The Labute approximate surface area is 230 Å². The van der Waals surface area contributed by atoms with E-state index in [1.165, 1.54) is 6.20 Å². The Bertz CT molecular complexity index is 1830. The minimum Gasteiger partial charge on any atom is -0.618 e. The first kappa shape index (κ1) is 24.9. The van der Waals surface area contributed by atoms with Crippen molar-refractivity contribution in [2.75, 3.05) is 0 Å². The van der Waals surface area contributed by atoms with Gasteiger partial charge >= 0.3 is 0 Å². The van der Waals surface area contributed by atoms with Crippen molar-refractivity contribution in [1.82, 2.24) is 35.2 Å². The molecule has 196 valence electrons. The number of imidazole rings is 1. The third kappa shape index (κ3) is 4.65. The fraction of sp³-hybridized carbons (Fsp3) is 0.167. The van der Waals surface area contributed by atoms with Gasteiger partial charge in [0.15, 0.2) is 17.5 Å². The van der Waals surface area contributed by atoms with E-state index < -0.39 is 0 Å². The Kier molecular flexibility index (Phi) is 6.68. The van der Waals surface area contributed by atoms with Gasteiger partial charge < -0.3 is 9.77 Å². The lowest BCUT2D eigenvalue weighted by atomic mass is 9.98. The van der Waals surface area contributed by atoms with Crippen LogP contribution in [0.5, 0.6) is 0 Å². The van der Waals surface area contributed by atoms with Crippen LogP contribution in [0.4, 0.5) is 0 Å². The summed E-state index contributed by atoms with van der Waals surface area (Å²) in [7, 11) is 0. The van der Waals surface area contributed by atoms with E-state index in [9.17, 15) is 10.5 Å². The summed E-state index contributed by atoms with van der Waals surface area (Å²) in [6, 6.07) is 25.4. The first-order chi connectivity index (χ1) is 19.7. The SMILES string of the molecule is CCCCc1nc2cc(-c3cccc[n+]3[O-])c(C#N)nc2n1Cc1ccc(-c2ccccc2-c2nn[nH]n2)cc1. The predicted octanol–water partition coefficient (Wildman–Crippen LogP) is 4.84. The highest BCUT2D eigenvalue weighted by atomic mass is 16.5. The Hall–Kier alpha value is -5.43. The van der Waals surface area contributed by atoms with Gasteiger partial charge in [0.05, 0.1) is 12.1 Å². The van der Waals surface area contributed by atoms with Crippen molar-refractivity contribution in [3.8, 4) is 39.8 Å². The third-order valence-electron chi connectivity index (χ3n) is 6.88. The third-order valence-corrected chi connectivity index (χ3v) is 6.88. The smallest absolute Gasteiger partial charge is 0.226 e. The van der Waals surface area contributed by atoms with Crippen LogP contribution in [-0.4, -0.2) is 35.2 Å². The molecular formula is C30H25N9O. The summed E-state index contributed by atoms with van der Waals surface area (Å²) in [5.41, 5.74) is 6.35. The van der Waals surface area contributed by atoms with Gasteiger partial charge in [0, 0.05) is 24.1 Å². The molecule has 0 unspecified atom stereocenters. The van der Waals surface area contributed by atoms with E-state index in [2.05, 4.69) is 62.4 Å². The van der Waals surface area contributed by atoms with Crippen LogP contribution < -0.4 is 4.73 Å². The van der Waals surface area contributed by atoms with Crippen molar-refractivity contribution in [3.05, 3.63) is 101 Å². The molecule has 0 saturated carbocycles. The Balaban J connectivity index is 1.39. The highest BCUT2D eigenvalue weighted by Gasteiger charge is 2.20. The van der Waals surface area contributed by atoms with Crippen molar-refractivity contribution in [2.24, 2.45) is 0 Å². The minimum atomic E-state index is 0.194. The lowest BCUT2D eigenvalue weighted by Gasteiger charge is -2.11. The van der Waals surface area contributed by atoms with E-state index >= 15 is 0 Å². The molecule has 6 aromatic rings. The number of nitrogens with one attached hydrogen (secondary N) is 1. The predicted molar refractivity (Wildman–Crippen MR) is 149 cm³/mol. The number of aryl methyl sites for hydroxylation is 1. The molecule has 10 heteroatoms. The van der Waals surface area contributed by atoms with Crippen LogP contribution in [-0.2, 0) is 13.0 Å². The average molecular weight is 528 g/mol. The zero-order valence-electron chi connectivity index (χ0n) is 21.8. The molecule has 0 bridgehead atoms. The van der Waals surface area contributed by atoms with Crippen LogP contribution in [0.1, 0.15) is 36.8 Å². The van der Waals surface area contributed by atoms with Crippen molar-refractivity contribution in [3.63, 3.8) is 0 Å². The highest BCUT2D eigenvalue weighted by Crippen LogP contribution is 2.30. The lowest BCUT2D eigenvalue weighted by molar-refractivity contribution is -0.593. The molecule has 0 radical (unpaired) electrons. The van der Waals surface area contributed by atoms with Crippen molar-refractivity contribution >= 4 is 11.2 Å². The Morgan fingerprint density at radius 3 is 2.50 bits per heavy atom. The van der Waals surface area contributed by atoms with E-state index in [4.69, 9.17) is 9.97 Å². The fourth-order valence-corrected chi connectivity index (χ4v) is 4.88. The summed E-state index contributed by atoms with van der Waals surface area (Å²) in [5, 5.41) is 36.9. The van der Waals surface area contributed by atoms with E-state index in [0.717, 1.165) is 52.1 Å². The van der Waals surface area contributed by atoms with Crippen LogP contribution in [0, 0.1) is 16.5 Å². The lowest BCUT2D eigenvalue weighted by Crippen LogP contribution is -2.28. The molecule has 4 heterocycles. The van der Waals surface area contributed by atoms with E-state index in [1.54, 1.807) is 24.3 Å². The zero-order valence-corrected chi connectivity index (χ0v) is 21.8. The molecule has 0 aliphatic heterocycles. The number of fused-ring (bicyclic) bond motifs is 1. The maximum atomic E-state index is 12.4. The molecular weight excluding hydrogens is 502 g/mol. The number of H-pyrrole nitrogens is 1. The number of rotatable bonds is 8. The van der Waals surface area contributed by atoms with Gasteiger partial charge in [0.25, 0.3) is 0 Å². The summed E-state index contributed by atoms with van der Waals surface area (Å²) in [6.45, 7) is 2.69. The van der Waals surface area contributed by atoms with E-state index in [1.807, 2.05) is 24.3 Å². The second-order valence-corrected chi connectivity index (χ2v) is 9.45. The normalized spacial score (nSPS) is 11.1. The maximum Gasteiger partial charge on any atom is 0.226 e. The monoisotopic (exact) mass is 527 g/mol. The second kappa shape index (κ2) is 10.7. The molecule has 6 rings (SSSR count). The van der Waals surface area contributed by atoms with Gasteiger partial charge in [0.1, 0.15) is 17.4 Å². The van der Waals surface area contributed by atoms with Crippen LogP contribution in [0.2, 0.25) is 0 Å². The van der Waals surface area contributed by atoms with Gasteiger partial charge in [0.2, 0.25) is 11.5 Å². The second-order valence-electron chi connectivity index (χ2n) is 9.45. The molecule has 0 spiro atoms. The van der Waals surface area contributed by atoms with Crippen LogP contribution in [0.15, 0.2) is 79.0 Å². The maximum absolute atomic E-state index is 12.4. The van der Waals surface area contributed by atoms with Gasteiger partial charge in [-0.1, -0.05) is 61.9 Å². The van der Waals surface area contributed by atoms with Gasteiger partial charge in [-0.25, -0.2) is 9.97 Å². The number of hydrogen-bond acceptors (Lipinski definition) is 7. The molecule has 10 nitrogen and oxygen atoms in total. The minimum absolute atomic E-state index is 0.194. The number of tetrazole rings is 1. The number of nitrogens with zero attached hydrogens (tertiary/aromatic N) is 8. The highest BCUT2D eigenvalue weighted by molar-refractivity contribution is 5.81. The number of aromatic amines is 1.